The summed E-state index contributed by atoms with van der Waals surface area (Å²) in [7, 11) is 4.50. The summed E-state index contributed by atoms with van der Waals surface area (Å²) in [5.41, 5.74) is 0.425. The highest BCUT2D eigenvalue weighted by molar-refractivity contribution is 4.95. The van der Waals surface area contributed by atoms with Gasteiger partial charge in [0.05, 0.1) is 0 Å². The molecule has 1 saturated heterocycles. The van der Waals surface area contributed by atoms with Gasteiger partial charge >= 0.3 is 0 Å². The summed E-state index contributed by atoms with van der Waals surface area (Å²) in [4.78, 5) is 2.46. The van der Waals surface area contributed by atoms with Crippen LogP contribution in [0, 0.1) is 0 Å². The van der Waals surface area contributed by atoms with Crippen molar-refractivity contribution in [2.45, 2.75) is 75.9 Å². The predicted molar refractivity (Wildman–Crippen MR) is 82.6 cm³/mol. The van der Waals surface area contributed by atoms with Gasteiger partial charge in [-0.25, -0.2) is 0 Å². The van der Waals surface area contributed by atoms with Gasteiger partial charge in [-0.15, -0.1) is 0 Å². The lowest BCUT2D eigenvalue weighted by atomic mass is 9.94. The van der Waals surface area contributed by atoms with Crippen LogP contribution in [0.3, 0.4) is 0 Å². The molecule has 0 aromatic carbocycles. The minimum absolute atomic E-state index is 0.425. The summed E-state index contributed by atoms with van der Waals surface area (Å²) >= 11 is 0. The Morgan fingerprint density at radius 1 is 1.21 bits per heavy atom. The van der Waals surface area contributed by atoms with Crippen molar-refractivity contribution >= 4 is 0 Å². The number of likely N-dealkylation sites (N-methyl/N-ethyl adjacent to an activating group) is 1. The average Bonchev–Trinajstić information content (AvgIpc) is 2.88. The first-order chi connectivity index (χ1) is 9.12. The van der Waals surface area contributed by atoms with Crippen LogP contribution in [0.1, 0.15) is 58.3 Å². The maximum atomic E-state index is 3.81. The van der Waals surface area contributed by atoms with Crippen LogP contribution in [0.5, 0.6) is 0 Å². The van der Waals surface area contributed by atoms with Crippen LogP contribution >= 0.6 is 0 Å². The molecule has 1 saturated carbocycles. The van der Waals surface area contributed by atoms with E-state index in [1.54, 1.807) is 0 Å². The normalized spacial score (nSPS) is 28.7. The number of hydrogen-bond acceptors (Lipinski definition) is 3. The zero-order valence-electron chi connectivity index (χ0n) is 13.2. The molecule has 0 spiro atoms. The fourth-order valence-corrected chi connectivity index (χ4v) is 3.81. The first-order valence-corrected chi connectivity index (χ1v) is 8.27. The molecule has 1 aliphatic carbocycles. The quantitative estimate of drug-likeness (QED) is 0.774. The average molecular weight is 267 g/mol. The smallest absolute Gasteiger partial charge is 0.0327 e. The Bertz CT molecular complexity index is 253. The van der Waals surface area contributed by atoms with Crippen LogP contribution in [-0.2, 0) is 0 Å². The van der Waals surface area contributed by atoms with E-state index in [0.717, 1.165) is 12.6 Å². The van der Waals surface area contributed by atoms with Crippen molar-refractivity contribution in [1.29, 1.82) is 0 Å². The van der Waals surface area contributed by atoms with E-state index >= 15 is 0 Å². The van der Waals surface area contributed by atoms with Crippen molar-refractivity contribution in [3.05, 3.63) is 0 Å². The molecule has 1 aliphatic heterocycles. The van der Waals surface area contributed by atoms with Crippen molar-refractivity contribution in [3.63, 3.8) is 0 Å². The molecule has 2 N–H and O–H groups in total. The molecule has 2 atom stereocenters. The summed E-state index contributed by atoms with van der Waals surface area (Å²) in [6.45, 7) is 4.74. The van der Waals surface area contributed by atoms with Crippen LogP contribution in [0.4, 0.5) is 0 Å². The Balaban J connectivity index is 1.73. The number of nitrogens with zero attached hydrogens (tertiary/aromatic N) is 1. The maximum Gasteiger partial charge on any atom is 0.0327 e. The Kier molecular flexibility index (Phi) is 5.67. The fourth-order valence-electron chi connectivity index (χ4n) is 3.81. The molecule has 3 heteroatoms. The summed E-state index contributed by atoms with van der Waals surface area (Å²) in [6.07, 6.45) is 10.9. The van der Waals surface area contributed by atoms with Gasteiger partial charge in [0.2, 0.25) is 0 Å². The van der Waals surface area contributed by atoms with E-state index in [1.807, 2.05) is 0 Å². The first kappa shape index (κ1) is 15.3. The van der Waals surface area contributed by atoms with Gasteiger partial charge in [0.1, 0.15) is 0 Å². The largest absolute Gasteiger partial charge is 0.314 e. The fraction of sp³-hybridized carbons (Fsp3) is 1.00. The van der Waals surface area contributed by atoms with E-state index in [-0.39, 0.29) is 0 Å². The van der Waals surface area contributed by atoms with E-state index in [4.69, 9.17) is 0 Å². The van der Waals surface area contributed by atoms with Gasteiger partial charge in [-0.05, 0) is 59.7 Å². The molecular formula is C16H33N3. The highest BCUT2D eigenvalue weighted by Crippen LogP contribution is 2.33. The Morgan fingerprint density at radius 3 is 2.53 bits per heavy atom. The van der Waals surface area contributed by atoms with Gasteiger partial charge in [-0.3, -0.25) is 0 Å². The topological polar surface area (TPSA) is 27.3 Å². The number of nitrogens with one attached hydrogen (secondary N) is 2. The highest BCUT2D eigenvalue weighted by Gasteiger charge is 2.35. The summed E-state index contributed by atoms with van der Waals surface area (Å²) in [5, 5.41) is 7.47. The minimum Gasteiger partial charge on any atom is -0.314 e. The first-order valence-electron chi connectivity index (χ1n) is 8.27. The van der Waals surface area contributed by atoms with Crippen LogP contribution in [0.2, 0.25) is 0 Å². The van der Waals surface area contributed by atoms with Crippen LogP contribution in [0.15, 0.2) is 0 Å². The molecule has 0 radical (unpaired) electrons. The van der Waals surface area contributed by atoms with E-state index in [1.165, 1.54) is 57.9 Å². The van der Waals surface area contributed by atoms with Gasteiger partial charge in [0.15, 0.2) is 0 Å². The molecule has 112 valence electrons. The standard InChI is InChI=1S/C16H33N3/c1-14(12-15-8-4-7-11-17-15)18-13-16(19(2)3)9-5-6-10-16/h14-15,17-18H,4-13H2,1-3H3. The molecular weight excluding hydrogens is 234 g/mol. The predicted octanol–water partition coefficient (Wildman–Crippen LogP) is 2.37. The van der Waals surface area contributed by atoms with E-state index in [0.29, 0.717) is 11.6 Å². The zero-order chi connectivity index (χ0) is 13.7. The highest BCUT2D eigenvalue weighted by atomic mass is 15.2. The Labute approximate surface area is 119 Å². The second kappa shape index (κ2) is 7.05. The summed E-state index contributed by atoms with van der Waals surface area (Å²) < 4.78 is 0. The van der Waals surface area contributed by atoms with Crippen molar-refractivity contribution in [3.8, 4) is 0 Å². The van der Waals surface area contributed by atoms with Crippen LogP contribution in [-0.4, -0.2) is 49.7 Å². The molecule has 1 heterocycles. The third-order valence-corrected chi connectivity index (χ3v) is 5.31. The van der Waals surface area contributed by atoms with Crippen LogP contribution in [0.25, 0.3) is 0 Å². The van der Waals surface area contributed by atoms with Gasteiger partial charge in [0.25, 0.3) is 0 Å². The maximum absolute atomic E-state index is 3.81. The molecule has 2 fully saturated rings. The second-order valence-corrected chi connectivity index (χ2v) is 6.99. The third kappa shape index (κ3) is 4.17. The lowest BCUT2D eigenvalue weighted by Crippen LogP contribution is -2.52. The lowest BCUT2D eigenvalue weighted by molar-refractivity contribution is 0.148. The number of piperidine rings is 1. The molecule has 2 aliphatic rings. The van der Waals surface area contributed by atoms with Gasteiger partial charge in [-0.2, -0.15) is 0 Å². The van der Waals surface area contributed by atoms with Crippen LogP contribution < -0.4 is 10.6 Å². The van der Waals surface area contributed by atoms with Gasteiger partial charge < -0.3 is 15.5 Å². The summed E-state index contributed by atoms with van der Waals surface area (Å²) in [5.74, 6) is 0. The van der Waals surface area contributed by atoms with Gasteiger partial charge in [0, 0.05) is 24.2 Å². The molecule has 2 rings (SSSR count). The molecule has 0 bridgehead atoms. The SMILES string of the molecule is CC(CC1CCCCN1)NCC1(N(C)C)CCCC1. The molecule has 19 heavy (non-hydrogen) atoms. The Morgan fingerprint density at radius 2 is 1.95 bits per heavy atom. The van der Waals surface area contributed by atoms with E-state index < -0.39 is 0 Å². The second-order valence-electron chi connectivity index (χ2n) is 6.99. The van der Waals surface area contributed by atoms with Crippen molar-refractivity contribution in [2.75, 3.05) is 27.2 Å². The van der Waals surface area contributed by atoms with Crippen molar-refractivity contribution in [2.24, 2.45) is 0 Å². The molecule has 0 aromatic rings. The third-order valence-electron chi connectivity index (χ3n) is 5.31. The van der Waals surface area contributed by atoms with E-state index in [9.17, 15) is 0 Å². The molecule has 2 unspecified atom stereocenters. The summed E-state index contributed by atoms with van der Waals surface area (Å²) in [6, 6.07) is 1.38. The number of hydrogen-bond donors (Lipinski definition) is 2. The van der Waals surface area contributed by atoms with E-state index in [2.05, 4.69) is 36.6 Å². The lowest BCUT2D eigenvalue weighted by Gasteiger charge is -2.38. The minimum atomic E-state index is 0.425. The monoisotopic (exact) mass is 267 g/mol. The van der Waals surface area contributed by atoms with Crippen molar-refractivity contribution < 1.29 is 0 Å². The molecule has 0 aromatic heterocycles. The zero-order valence-corrected chi connectivity index (χ0v) is 13.2. The number of rotatable bonds is 6. The molecule has 3 nitrogen and oxygen atoms in total. The Hall–Kier alpha value is -0.120. The van der Waals surface area contributed by atoms with Gasteiger partial charge in [-0.1, -0.05) is 19.3 Å². The molecule has 0 amide bonds. The van der Waals surface area contributed by atoms with Crippen molar-refractivity contribution in [1.82, 2.24) is 15.5 Å².